The number of esters is 1. The molecule has 4 rings (SSSR count). The molecule has 2 heterocycles. The van der Waals surface area contributed by atoms with Crippen LogP contribution in [0, 0.1) is 5.82 Å². The Morgan fingerprint density at radius 3 is 2.66 bits per heavy atom. The molecule has 1 atom stereocenters. The molecule has 1 aliphatic heterocycles. The molecule has 1 aromatic heterocycles. The maximum absolute atomic E-state index is 14.1. The highest BCUT2D eigenvalue weighted by molar-refractivity contribution is 7.12. The number of thiophene rings is 1. The maximum atomic E-state index is 14.1. The first-order chi connectivity index (χ1) is 17.0. The number of hydrogen-bond acceptors (Lipinski definition) is 7. The average molecular weight is 498 g/mol. The lowest BCUT2D eigenvalue weighted by Crippen LogP contribution is -2.26. The molecule has 0 aliphatic carbocycles. The largest absolute Gasteiger partial charge is 0.461 e. The number of Topliss-reactive ketones (excluding diaryl/α,β-unsaturated/α-hetero) is 1. The predicted molar refractivity (Wildman–Crippen MR) is 126 cm³/mol. The second-order valence-corrected chi connectivity index (χ2v) is 8.83. The number of benzene rings is 2. The normalized spacial score (nSPS) is 14.5. The lowest BCUT2D eigenvalue weighted by atomic mass is 10.1. The Kier molecular flexibility index (Phi) is 8.23. The predicted octanol–water partition coefficient (Wildman–Crippen LogP) is 4.71. The molecule has 9 heteroatoms. The minimum atomic E-state index is -0.648. The summed E-state index contributed by atoms with van der Waals surface area (Å²) in [6.07, 6.45) is -0.553. The van der Waals surface area contributed by atoms with Crippen LogP contribution in [0.3, 0.4) is 0 Å². The van der Waals surface area contributed by atoms with Gasteiger partial charge in [-0.2, -0.15) is 0 Å². The smallest absolute Gasteiger partial charge is 0.307 e. The summed E-state index contributed by atoms with van der Waals surface area (Å²) < 4.78 is 31.0. The van der Waals surface area contributed by atoms with Gasteiger partial charge in [0, 0.05) is 36.1 Å². The molecule has 2 aromatic carbocycles. The Balaban J connectivity index is 1.24. The molecule has 1 N–H and O–H groups in total. The molecule has 7 nitrogen and oxygen atoms in total. The summed E-state index contributed by atoms with van der Waals surface area (Å²) in [5.74, 6) is -1.01. The minimum Gasteiger partial charge on any atom is -0.461 e. The zero-order valence-corrected chi connectivity index (χ0v) is 19.6. The monoisotopic (exact) mass is 497 g/mol. The number of carbonyl (C=O) groups excluding carboxylic acids is 3. The van der Waals surface area contributed by atoms with Gasteiger partial charge < -0.3 is 19.5 Å². The van der Waals surface area contributed by atoms with E-state index in [-0.39, 0.29) is 50.7 Å². The van der Waals surface area contributed by atoms with Gasteiger partial charge in [0.05, 0.1) is 17.9 Å². The van der Waals surface area contributed by atoms with Gasteiger partial charge in [0.2, 0.25) is 12.2 Å². The van der Waals surface area contributed by atoms with Crippen LogP contribution in [-0.4, -0.2) is 24.2 Å². The van der Waals surface area contributed by atoms with E-state index < -0.39 is 18.1 Å². The number of fused-ring (bicyclic) bond motifs is 1. The molecular formula is C26H24FNO6S. The third kappa shape index (κ3) is 6.74. The second kappa shape index (κ2) is 11.7. The second-order valence-electron chi connectivity index (χ2n) is 7.89. The summed E-state index contributed by atoms with van der Waals surface area (Å²) in [7, 11) is 0. The van der Waals surface area contributed by atoms with Crippen molar-refractivity contribution in [3.8, 4) is 5.75 Å². The number of ether oxygens (including phenoxy) is 3. The van der Waals surface area contributed by atoms with Gasteiger partial charge in [0.1, 0.15) is 18.2 Å². The molecule has 0 saturated carbocycles. The minimum absolute atomic E-state index is 0.0448. The van der Waals surface area contributed by atoms with E-state index in [1.807, 2.05) is 30.3 Å². The van der Waals surface area contributed by atoms with E-state index >= 15 is 0 Å². The highest BCUT2D eigenvalue weighted by Gasteiger charge is 2.25. The molecular weight excluding hydrogens is 473 g/mol. The van der Waals surface area contributed by atoms with Crippen molar-refractivity contribution >= 4 is 29.0 Å². The van der Waals surface area contributed by atoms with E-state index in [0.29, 0.717) is 21.8 Å². The molecule has 1 aliphatic rings. The van der Waals surface area contributed by atoms with Crippen LogP contribution in [0.4, 0.5) is 4.39 Å². The standard InChI is InChI=1S/C26H24FNO6S/c27-20-13-18(25-19(14-20)16-33-26(34-25)17-5-2-1-3-6-17)15-32-24(31)10-11-28-23(30)9-8-21(29)22-7-4-12-35-22/h1-7,12-14,26H,8-11,15-16H2,(H,28,30). The molecule has 35 heavy (non-hydrogen) atoms. The molecule has 182 valence electrons. The fourth-order valence-corrected chi connectivity index (χ4v) is 4.26. The first-order valence-corrected chi connectivity index (χ1v) is 12.0. The first kappa shape index (κ1) is 24.6. The van der Waals surface area contributed by atoms with Crippen LogP contribution in [0.5, 0.6) is 5.75 Å². The van der Waals surface area contributed by atoms with Crippen LogP contribution in [-0.2, 0) is 32.3 Å². The van der Waals surface area contributed by atoms with Crippen molar-refractivity contribution in [3.05, 3.63) is 87.4 Å². The Morgan fingerprint density at radius 2 is 1.89 bits per heavy atom. The number of nitrogens with one attached hydrogen (secondary N) is 1. The summed E-state index contributed by atoms with van der Waals surface area (Å²) >= 11 is 1.33. The van der Waals surface area contributed by atoms with Gasteiger partial charge in [-0.1, -0.05) is 36.4 Å². The molecule has 0 radical (unpaired) electrons. The SMILES string of the molecule is O=C(CCC(=O)c1cccs1)NCCC(=O)OCc1cc(F)cc2c1OC(c1ccccc1)OC2. The summed E-state index contributed by atoms with van der Waals surface area (Å²) in [5, 5.41) is 4.41. The molecule has 0 saturated heterocycles. The van der Waals surface area contributed by atoms with Crippen LogP contribution in [0.15, 0.2) is 60.0 Å². The Bertz CT molecular complexity index is 1180. The number of rotatable bonds is 10. The van der Waals surface area contributed by atoms with Crippen molar-refractivity contribution in [2.24, 2.45) is 0 Å². The molecule has 3 aromatic rings. The number of carbonyl (C=O) groups is 3. The third-order valence-electron chi connectivity index (χ3n) is 5.31. The summed E-state index contributed by atoms with van der Waals surface area (Å²) in [5.41, 5.74) is 1.75. The molecule has 0 spiro atoms. The van der Waals surface area contributed by atoms with Crippen molar-refractivity contribution in [1.29, 1.82) is 0 Å². The van der Waals surface area contributed by atoms with Crippen LogP contribution in [0.25, 0.3) is 0 Å². The van der Waals surface area contributed by atoms with Gasteiger partial charge in [0.15, 0.2) is 5.78 Å². The molecule has 1 unspecified atom stereocenters. The Morgan fingerprint density at radius 1 is 1.06 bits per heavy atom. The van der Waals surface area contributed by atoms with E-state index in [2.05, 4.69) is 5.32 Å². The van der Waals surface area contributed by atoms with Gasteiger partial charge in [0.25, 0.3) is 0 Å². The van der Waals surface area contributed by atoms with Gasteiger partial charge >= 0.3 is 5.97 Å². The molecule has 0 fully saturated rings. The fourth-order valence-electron chi connectivity index (χ4n) is 3.57. The van der Waals surface area contributed by atoms with Gasteiger partial charge in [-0.05, 0) is 23.6 Å². The van der Waals surface area contributed by atoms with Gasteiger partial charge in [-0.25, -0.2) is 4.39 Å². The lowest BCUT2D eigenvalue weighted by molar-refractivity contribution is -0.145. The van der Waals surface area contributed by atoms with Crippen molar-refractivity contribution < 1.29 is 33.0 Å². The van der Waals surface area contributed by atoms with E-state index in [4.69, 9.17) is 14.2 Å². The number of hydrogen-bond donors (Lipinski definition) is 1. The zero-order chi connectivity index (χ0) is 24.6. The van der Waals surface area contributed by atoms with Crippen LogP contribution in [0.2, 0.25) is 0 Å². The molecule has 0 bridgehead atoms. The highest BCUT2D eigenvalue weighted by Crippen LogP contribution is 2.36. The topological polar surface area (TPSA) is 90.9 Å². The number of halogens is 1. The summed E-state index contributed by atoms with van der Waals surface area (Å²) in [6.45, 7) is 0.0604. The van der Waals surface area contributed by atoms with E-state index in [9.17, 15) is 18.8 Å². The van der Waals surface area contributed by atoms with E-state index in [1.54, 1.807) is 17.5 Å². The average Bonchev–Trinajstić information content (AvgIpc) is 3.41. The van der Waals surface area contributed by atoms with Crippen molar-refractivity contribution in [1.82, 2.24) is 5.32 Å². The quantitative estimate of drug-likeness (QED) is 0.322. The third-order valence-corrected chi connectivity index (χ3v) is 6.22. The zero-order valence-electron chi connectivity index (χ0n) is 18.8. The number of ketones is 1. The van der Waals surface area contributed by atoms with Crippen LogP contribution in [0.1, 0.15) is 51.9 Å². The van der Waals surface area contributed by atoms with E-state index in [0.717, 1.165) is 5.56 Å². The van der Waals surface area contributed by atoms with Crippen LogP contribution < -0.4 is 10.1 Å². The van der Waals surface area contributed by atoms with Gasteiger partial charge in [-0.3, -0.25) is 14.4 Å². The van der Waals surface area contributed by atoms with Crippen molar-refractivity contribution in [2.75, 3.05) is 6.54 Å². The first-order valence-electron chi connectivity index (χ1n) is 11.1. The van der Waals surface area contributed by atoms with Crippen molar-refractivity contribution in [3.63, 3.8) is 0 Å². The maximum Gasteiger partial charge on any atom is 0.307 e. The van der Waals surface area contributed by atoms with Crippen molar-refractivity contribution in [2.45, 2.75) is 38.8 Å². The lowest BCUT2D eigenvalue weighted by Gasteiger charge is -2.28. The summed E-state index contributed by atoms with van der Waals surface area (Å²) in [4.78, 5) is 36.7. The Hall–Kier alpha value is -3.56. The number of amides is 1. The van der Waals surface area contributed by atoms with Crippen LogP contribution >= 0.6 is 11.3 Å². The Labute approximate surface area is 205 Å². The van der Waals surface area contributed by atoms with E-state index in [1.165, 1.54) is 23.5 Å². The highest BCUT2D eigenvalue weighted by atomic mass is 32.1. The van der Waals surface area contributed by atoms with Gasteiger partial charge in [-0.15, -0.1) is 11.3 Å². The summed E-state index contributed by atoms with van der Waals surface area (Å²) in [6, 6.07) is 15.5. The molecule has 1 amide bonds. The fraction of sp³-hybridized carbons (Fsp3) is 0.269.